The summed E-state index contributed by atoms with van der Waals surface area (Å²) in [7, 11) is 0. The molecule has 0 spiro atoms. The van der Waals surface area contributed by atoms with Crippen LogP contribution in [0.25, 0.3) is 0 Å². The number of rotatable bonds is 2. The third kappa shape index (κ3) is 2.26. The van der Waals surface area contributed by atoms with Crippen molar-refractivity contribution in [1.29, 1.82) is 0 Å². The van der Waals surface area contributed by atoms with Gasteiger partial charge >= 0.3 is 5.69 Å². The van der Waals surface area contributed by atoms with Crippen molar-refractivity contribution in [2.24, 2.45) is 0 Å². The molecule has 1 aromatic carbocycles. The molecule has 3 nitrogen and oxygen atoms in total. The van der Waals surface area contributed by atoms with Crippen molar-refractivity contribution in [2.45, 2.75) is 6.54 Å². The van der Waals surface area contributed by atoms with Crippen LogP contribution in [0, 0.1) is 0 Å². The number of aromatic nitrogens is 2. The molecule has 5 heteroatoms. The molecule has 0 bridgehead atoms. The van der Waals surface area contributed by atoms with E-state index in [9.17, 15) is 4.79 Å². The molecule has 82 valence electrons. The van der Waals surface area contributed by atoms with E-state index in [-0.39, 0.29) is 5.69 Å². The first kappa shape index (κ1) is 11.2. The fourth-order valence-electron chi connectivity index (χ4n) is 1.36. The van der Waals surface area contributed by atoms with E-state index in [2.05, 4.69) is 4.98 Å². The summed E-state index contributed by atoms with van der Waals surface area (Å²) in [4.78, 5) is 15.1. The molecule has 0 amide bonds. The van der Waals surface area contributed by atoms with Gasteiger partial charge in [-0.1, -0.05) is 35.3 Å². The molecule has 0 aliphatic heterocycles. The molecule has 0 saturated carbocycles. The Morgan fingerprint density at radius 3 is 2.81 bits per heavy atom. The Bertz CT molecular complexity index is 566. The molecule has 0 unspecified atom stereocenters. The van der Waals surface area contributed by atoms with Crippen molar-refractivity contribution in [1.82, 2.24) is 9.55 Å². The Labute approximate surface area is 102 Å². The van der Waals surface area contributed by atoms with Crippen LogP contribution in [-0.4, -0.2) is 9.55 Å². The molecule has 0 fully saturated rings. The largest absolute Gasteiger partial charge is 0.347 e. The minimum Gasteiger partial charge on any atom is -0.295 e. The highest BCUT2D eigenvalue weighted by Crippen LogP contribution is 2.25. The number of nitrogens with zero attached hydrogens (tertiary/aromatic N) is 2. The van der Waals surface area contributed by atoms with Crippen LogP contribution >= 0.6 is 23.2 Å². The summed E-state index contributed by atoms with van der Waals surface area (Å²) < 4.78 is 1.47. The van der Waals surface area contributed by atoms with Crippen LogP contribution in [0.5, 0.6) is 0 Å². The SMILES string of the molecule is O=c1ncccn1Cc1cccc(Cl)c1Cl. The van der Waals surface area contributed by atoms with Gasteiger partial charge in [0.25, 0.3) is 0 Å². The molecule has 0 aliphatic carbocycles. The van der Waals surface area contributed by atoms with Gasteiger partial charge in [-0.2, -0.15) is 0 Å². The second-order valence-electron chi connectivity index (χ2n) is 3.24. The van der Waals surface area contributed by atoms with Crippen molar-refractivity contribution in [3.05, 3.63) is 62.8 Å². The van der Waals surface area contributed by atoms with Gasteiger partial charge in [0.1, 0.15) is 0 Å². The number of benzene rings is 1. The predicted octanol–water partition coefficient (Wildman–Crippen LogP) is 2.60. The predicted molar refractivity (Wildman–Crippen MR) is 64.1 cm³/mol. The van der Waals surface area contributed by atoms with Crippen LogP contribution in [0.1, 0.15) is 5.56 Å². The number of halogens is 2. The topological polar surface area (TPSA) is 34.9 Å². The third-order valence-electron chi connectivity index (χ3n) is 2.16. The summed E-state index contributed by atoms with van der Waals surface area (Å²) in [5.41, 5.74) is 0.489. The number of hydrogen-bond donors (Lipinski definition) is 0. The third-order valence-corrected chi connectivity index (χ3v) is 3.01. The first-order valence-electron chi connectivity index (χ1n) is 4.63. The van der Waals surface area contributed by atoms with Gasteiger partial charge in [0.15, 0.2) is 0 Å². The summed E-state index contributed by atoms with van der Waals surface area (Å²) in [6.07, 6.45) is 3.12. The van der Waals surface area contributed by atoms with Gasteiger partial charge in [-0.3, -0.25) is 4.57 Å². The Morgan fingerprint density at radius 2 is 2.06 bits per heavy atom. The van der Waals surface area contributed by atoms with Gasteiger partial charge in [-0.25, -0.2) is 9.78 Å². The van der Waals surface area contributed by atoms with E-state index in [1.54, 1.807) is 24.4 Å². The molecule has 1 heterocycles. The molecule has 2 rings (SSSR count). The maximum atomic E-state index is 11.4. The Balaban J connectivity index is 2.38. The molecule has 0 N–H and O–H groups in total. The lowest BCUT2D eigenvalue weighted by molar-refractivity contribution is 0.727. The highest BCUT2D eigenvalue weighted by atomic mass is 35.5. The first-order valence-corrected chi connectivity index (χ1v) is 5.38. The van der Waals surface area contributed by atoms with E-state index >= 15 is 0 Å². The van der Waals surface area contributed by atoms with E-state index in [1.165, 1.54) is 10.8 Å². The summed E-state index contributed by atoms with van der Waals surface area (Å²) in [5, 5.41) is 0.955. The Kier molecular flexibility index (Phi) is 3.27. The molecule has 0 radical (unpaired) electrons. The summed E-state index contributed by atoms with van der Waals surface area (Å²) in [6, 6.07) is 7.03. The van der Waals surface area contributed by atoms with Crippen LogP contribution in [-0.2, 0) is 6.54 Å². The van der Waals surface area contributed by atoms with Gasteiger partial charge in [-0.05, 0) is 17.7 Å². The van der Waals surface area contributed by atoms with Crippen molar-refractivity contribution in [3.8, 4) is 0 Å². The molecule has 16 heavy (non-hydrogen) atoms. The van der Waals surface area contributed by atoms with Gasteiger partial charge in [0.2, 0.25) is 0 Å². The summed E-state index contributed by atoms with van der Waals surface area (Å²) in [5.74, 6) is 0. The minimum atomic E-state index is -0.307. The smallest absolute Gasteiger partial charge is 0.295 e. The van der Waals surface area contributed by atoms with Crippen molar-refractivity contribution < 1.29 is 0 Å². The maximum Gasteiger partial charge on any atom is 0.347 e. The standard InChI is InChI=1S/C11H8Cl2N2O/c12-9-4-1-3-8(10(9)13)7-15-6-2-5-14-11(15)16/h1-6H,7H2. The summed E-state index contributed by atoms with van der Waals surface area (Å²) >= 11 is 11.9. The number of hydrogen-bond acceptors (Lipinski definition) is 2. The second-order valence-corrected chi connectivity index (χ2v) is 4.03. The highest BCUT2D eigenvalue weighted by Gasteiger charge is 2.05. The molecule has 0 atom stereocenters. The van der Waals surface area contributed by atoms with E-state index in [4.69, 9.17) is 23.2 Å². The van der Waals surface area contributed by atoms with Gasteiger partial charge in [-0.15, -0.1) is 0 Å². The molecule has 0 saturated heterocycles. The van der Waals surface area contributed by atoms with Crippen molar-refractivity contribution in [2.75, 3.05) is 0 Å². The lowest BCUT2D eigenvalue weighted by Gasteiger charge is -2.07. The lowest BCUT2D eigenvalue weighted by atomic mass is 10.2. The second kappa shape index (κ2) is 4.68. The lowest BCUT2D eigenvalue weighted by Crippen LogP contribution is -2.22. The van der Waals surface area contributed by atoms with Crippen LogP contribution in [0.4, 0.5) is 0 Å². The monoisotopic (exact) mass is 254 g/mol. The molecule has 2 aromatic rings. The Hall–Kier alpha value is -1.32. The van der Waals surface area contributed by atoms with Crippen LogP contribution < -0.4 is 5.69 Å². The van der Waals surface area contributed by atoms with Crippen molar-refractivity contribution in [3.63, 3.8) is 0 Å². The van der Waals surface area contributed by atoms with E-state index < -0.39 is 0 Å². The van der Waals surface area contributed by atoms with Gasteiger partial charge in [0, 0.05) is 12.4 Å². The maximum absolute atomic E-state index is 11.4. The molecular formula is C11H8Cl2N2O. The molecule has 0 aliphatic rings. The highest BCUT2D eigenvalue weighted by molar-refractivity contribution is 6.42. The summed E-state index contributed by atoms with van der Waals surface area (Å²) in [6.45, 7) is 0.367. The molecular weight excluding hydrogens is 247 g/mol. The van der Waals surface area contributed by atoms with E-state index in [1.807, 2.05) is 6.07 Å². The zero-order valence-corrected chi connectivity index (χ0v) is 9.74. The van der Waals surface area contributed by atoms with Crippen LogP contribution in [0.15, 0.2) is 41.5 Å². The zero-order chi connectivity index (χ0) is 11.5. The van der Waals surface area contributed by atoms with Crippen molar-refractivity contribution >= 4 is 23.2 Å². The zero-order valence-electron chi connectivity index (χ0n) is 8.23. The fraction of sp³-hybridized carbons (Fsp3) is 0.0909. The Morgan fingerprint density at radius 1 is 1.25 bits per heavy atom. The average molecular weight is 255 g/mol. The first-order chi connectivity index (χ1) is 7.68. The normalized spacial score (nSPS) is 10.4. The van der Waals surface area contributed by atoms with Gasteiger partial charge < -0.3 is 0 Å². The van der Waals surface area contributed by atoms with Crippen LogP contribution in [0.2, 0.25) is 10.0 Å². The molecule has 1 aromatic heterocycles. The minimum absolute atomic E-state index is 0.307. The quantitative estimate of drug-likeness (QED) is 0.826. The van der Waals surface area contributed by atoms with E-state index in [0.29, 0.717) is 16.6 Å². The van der Waals surface area contributed by atoms with E-state index in [0.717, 1.165) is 5.56 Å². The van der Waals surface area contributed by atoms with Gasteiger partial charge in [0.05, 0.1) is 16.6 Å². The van der Waals surface area contributed by atoms with Crippen LogP contribution in [0.3, 0.4) is 0 Å². The fourth-order valence-corrected chi connectivity index (χ4v) is 1.74. The average Bonchev–Trinajstić information content (AvgIpc) is 2.28.